The molecule has 1 spiro atoms. The SMILES string of the molecule is C#CCCCN1C(=O)NC2(CCCNC2)C1=O. The van der Waals surface area contributed by atoms with E-state index in [4.69, 9.17) is 6.42 Å². The topological polar surface area (TPSA) is 61.4 Å². The lowest BCUT2D eigenvalue weighted by molar-refractivity contribution is -0.131. The van der Waals surface area contributed by atoms with E-state index in [9.17, 15) is 9.59 Å². The molecule has 1 unspecified atom stereocenters. The van der Waals surface area contributed by atoms with E-state index in [0.717, 1.165) is 19.4 Å². The van der Waals surface area contributed by atoms with Gasteiger partial charge in [0.2, 0.25) is 0 Å². The van der Waals surface area contributed by atoms with Gasteiger partial charge in [-0.25, -0.2) is 4.79 Å². The molecule has 0 bridgehead atoms. The van der Waals surface area contributed by atoms with Gasteiger partial charge in [0, 0.05) is 19.5 Å². The van der Waals surface area contributed by atoms with Crippen molar-refractivity contribution >= 4 is 11.9 Å². The summed E-state index contributed by atoms with van der Waals surface area (Å²) in [6.45, 7) is 1.85. The number of amides is 3. The molecule has 0 aliphatic carbocycles. The summed E-state index contributed by atoms with van der Waals surface area (Å²) in [7, 11) is 0. The number of rotatable bonds is 3. The normalized spacial score (nSPS) is 28.3. The summed E-state index contributed by atoms with van der Waals surface area (Å²) >= 11 is 0. The lowest BCUT2D eigenvalue weighted by Gasteiger charge is -2.31. The second-order valence-corrected chi connectivity index (χ2v) is 4.56. The summed E-state index contributed by atoms with van der Waals surface area (Å²) in [5.41, 5.74) is -0.703. The Labute approximate surface area is 101 Å². The molecule has 2 aliphatic rings. The molecule has 2 saturated heterocycles. The van der Waals surface area contributed by atoms with Crippen LogP contribution in [0, 0.1) is 12.3 Å². The molecular formula is C12H17N3O2. The summed E-state index contributed by atoms with van der Waals surface area (Å²) in [6.07, 6.45) is 8.03. The first kappa shape index (κ1) is 11.9. The molecule has 5 nitrogen and oxygen atoms in total. The summed E-state index contributed by atoms with van der Waals surface area (Å²) in [4.78, 5) is 25.3. The fourth-order valence-corrected chi connectivity index (χ4v) is 2.41. The zero-order chi connectivity index (χ0) is 12.3. The van der Waals surface area contributed by atoms with Crippen LogP contribution in [0.25, 0.3) is 0 Å². The highest BCUT2D eigenvalue weighted by Gasteiger charge is 2.51. The standard InChI is InChI=1S/C12H17N3O2/c1-2-3-4-8-15-10(16)12(14-11(15)17)6-5-7-13-9-12/h1,13H,3-9H2,(H,14,17). The predicted molar refractivity (Wildman–Crippen MR) is 63.1 cm³/mol. The van der Waals surface area contributed by atoms with E-state index in [2.05, 4.69) is 16.6 Å². The van der Waals surface area contributed by atoms with E-state index in [-0.39, 0.29) is 11.9 Å². The second-order valence-electron chi connectivity index (χ2n) is 4.56. The highest BCUT2D eigenvalue weighted by Crippen LogP contribution is 2.25. The highest BCUT2D eigenvalue weighted by molar-refractivity contribution is 6.07. The van der Waals surface area contributed by atoms with E-state index >= 15 is 0 Å². The molecule has 3 amide bonds. The summed E-state index contributed by atoms with van der Waals surface area (Å²) in [5, 5.41) is 5.98. The lowest BCUT2D eigenvalue weighted by Crippen LogP contribution is -2.57. The Morgan fingerprint density at radius 3 is 2.94 bits per heavy atom. The first-order valence-corrected chi connectivity index (χ1v) is 5.98. The Morgan fingerprint density at radius 2 is 2.29 bits per heavy atom. The van der Waals surface area contributed by atoms with Crippen molar-refractivity contribution in [2.24, 2.45) is 0 Å². The van der Waals surface area contributed by atoms with Gasteiger partial charge in [-0.3, -0.25) is 9.69 Å². The van der Waals surface area contributed by atoms with Crippen LogP contribution >= 0.6 is 0 Å². The molecule has 0 aromatic rings. The van der Waals surface area contributed by atoms with Crippen LogP contribution in [0.1, 0.15) is 25.7 Å². The number of imide groups is 1. The Kier molecular flexibility index (Phi) is 3.34. The number of hydrogen-bond acceptors (Lipinski definition) is 3. The van der Waals surface area contributed by atoms with Crippen molar-refractivity contribution in [3.63, 3.8) is 0 Å². The maximum Gasteiger partial charge on any atom is 0.325 e. The number of terminal acetylenes is 1. The van der Waals surface area contributed by atoms with Gasteiger partial charge < -0.3 is 10.6 Å². The number of nitrogens with zero attached hydrogens (tertiary/aromatic N) is 1. The summed E-state index contributed by atoms with van der Waals surface area (Å²) in [6, 6.07) is -0.282. The molecule has 2 fully saturated rings. The summed E-state index contributed by atoms with van der Waals surface area (Å²) < 4.78 is 0. The molecule has 2 N–H and O–H groups in total. The van der Waals surface area contributed by atoms with Crippen molar-refractivity contribution in [2.45, 2.75) is 31.2 Å². The summed E-state index contributed by atoms with van der Waals surface area (Å²) in [5.74, 6) is 2.41. The third kappa shape index (κ3) is 2.13. The van der Waals surface area contributed by atoms with Gasteiger partial charge in [-0.15, -0.1) is 12.3 Å². The zero-order valence-electron chi connectivity index (χ0n) is 9.79. The fraction of sp³-hybridized carbons (Fsp3) is 0.667. The number of hydrogen-bond donors (Lipinski definition) is 2. The first-order chi connectivity index (χ1) is 8.19. The molecule has 0 aromatic heterocycles. The Bertz CT molecular complexity index is 366. The minimum atomic E-state index is -0.703. The molecule has 92 valence electrons. The van der Waals surface area contributed by atoms with Crippen molar-refractivity contribution in [3.8, 4) is 12.3 Å². The van der Waals surface area contributed by atoms with Crippen LogP contribution in [0.3, 0.4) is 0 Å². The highest BCUT2D eigenvalue weighted by atomic mass is 16.2. The van der Waals surface area contributed by atoms with E-state index in [0.29, 0.717) is 25.9 Å². The lowest BCUT2D eigenvalue weighted by atomic mass is 9.90. The van der Waals surface area contributed by atoms with Gasteiger partial charge in [-0.05, 0) is 25.8 Å². The van der Waals surface area contributed by atoms with Crippen molar-refractivity contribution in [3.05, 3.63) is 0 Å². The van der Waals surface area contributed by atoms with E-state index in [1.54, 1.807) is 0 Å². The van der Waals surface area contributed by atoms with Crippen LogP contribution in [-0.4, -0.2) is 42.0 Å². The average molecular weight is 235 g/mol. The van der Waals surface area contributed by atoms with Crippen LogP contribution in [0.2, 0.25) is 0 Å². The number of nitrogens with one attached hydrogen (secondary N) is 2. The smallest absolute Gasteiger partial charge is 0.322 e. The molecule has 0 saturated carbocycles. The van der Waals surface area contributed by atoms with Gasteiger partial charge in [-0.1, -0.05) is 0 Å². The number of unbranched alkanes of at least 4 members (excludes halogenated alkanes) is 1. The number of piperidine rings is 1. The Morgan fingerprint density at radius 1 is 1.47 bits per heavy atom. The molecule has 2 heterocycles. The maximum absolute atomic E-state index is 12.2. The van der Waals surface area contributed by atoms with E-state index in [1.807, 2.05) is 0 Å². The van der Waals surface area contributed by atoms with Crippen molar-refractivity contribution < 1.29 is 9.59 Å². The third-order valence-corrected chi connectivity index (χ3v) is 3.33. The molecule has 0 radical (unpaired) electrons. The Hall–Kier alpha value is -1.54. The van der Waals surface area contributed by atoms with E-state index < -0.39 is 5.54 Å². The number of urea groups is 1. The van der Waals surface area contributed by atoms with Gasteiger partial charge in [0.25, 0.3) is 5.91 Å². The molecule has 1 atom stereocenters. The van der Waals surface area contributed by atoms with Crippen LogP contribution in [0.5, 0.6) is 0 Å². The molecule has 17 heavy (non-hydrogen) atoms. The molecule has 5 heteroatoms. The maximum atomic E-state index is 12.2. The van der Waals surface area contributed by atoms with Crippen LogP contribution < -0.4 is 10.6 Å². The number of carbonyl (C=O) groups is 2. The monoisotopic (exact) mass is 235 g/mol. The van der Waals surface area contributed by atoms with Gasteiger partial charge in [0.1, 0.15) is 5.54 Å². The molecular weight excluding hydrogens is 218 g/mol. The van der Waals surface area contributed by atoms with Crippen molar-refractivity contribution in [1.29, 1.82) is 0 Å². The van der Waals surface area contributed by atoms with Crippen LogP contribution in [-0.2, 0) is 4.79 Å². The zero-order valence-corrected chi connectivity index (χ0v) is 9.79. The van der Waals surface area contributed by atoms with Crippen molar-refractivity contribution in [2.75, 3.05) is 19.6 Å². The van der Waals surface area contributed by atoms with E-state index in [1.165, 1.54) is 4.90 Å². The van der Waals surface area contributed by atoms with Gasteiger partial charge in [0.05, 0.1) is 0 Å². The minimum Gasteiger partial charge on any atom is -0.322 e. The molecule has 0 aromatic carbocycles. The van der Waals surface area contributed by atoms with Gasteiger partial charge >= 0.3 is 6.03 Å². The van der Waals surface area contributed by atoms with Crippen LogP contribution in [0.15, 0.2) is 0 Å². The predicted octanol–water partition coefficient (Wildman–Crippen LogP) is 0.0738. The fourth-order valence-electron chi connectivity index (χ4n) is 2.41. The van der Waals surface area contributed by atoms with Crippen molar-refractivity contribution in [1.82, 2.24) is 15.5 Å². The Balaban J connectivity index is 2.03. The largest absolute Gasteiger partial charge is 0.325 e. The van der Waals surface area contributed by atoms with Gasteiger partial charge in [-0.2, -0.15) is 0 Å². The third-order valence-electron chi connectivity index (χ3n) is 3.33. The van der Waals surface area contributed by atoms with Crippen LogP contribution in [0.4, 0.5) is 4.79 Å². The molecule has 2 aliphatic heterocycles. The molecule has 2 rings (SSSR count). The van der Waals surface area contributed by atoms with Gasteiger partial charge in [0.15, 0.2) is 0 Å². The number of carbonyl (C=O) groups excluding carboxylic acids is 2. The second kappa shape index (κ2) is 4.76. The quantitative estimate of drug-likeness (QED) is 0.413. The average Bonchev–Trinajstić information content (AvgIpc) is 2.55. The first-order valence-electron chi connectivity index (χ1n) is 5.98. The minimum absolute atomic E-state index is 0.105.